The third-order valence-corrected chi connectivity index (χ3v) is 4.42. The summed E-state index contributed by atoms with van der Waals surface area (Å²) >= 11 is 0. The maximum absolute atomic E-state index is 13.2. The summed E-state index contributed by atoms with van der Waals surface area (Å²) in [5, 5.41) is 3.09. The van der Waals surface area contributed by atoms with Crippen LogP contribution in [-0.4, -0.2) is 38.5 Å². The molecule has 0 amide bonds. The quantitative estimate of drug-likeness (QED) is 0.592. The molecule has 2 atom stereocenters. The van der Waals surface area contributed by atoms with Crippen LogP contribution in [0.2, 0.25) is 0 Å². The Bertz CT molecular complexity index is 888. The van der Waals surface area contributed by atoms with E-state index in [1.807, 2.05) is 0 Å². The Morgan fingerprint density at radius 1 is 1.14 bits per heavy atom. The van der Waals surface area contributed by atoms with E-state index in [1.54, 1.807) is 11.6 Å². The van der Waals surface area contributed by atoms with E-state index < -0.39 is 28.1 Å². The monoisotopic (exact) mass is 435 g/mol. The zero-order chi connectivity index (χ0) is 21.7. The van der Waals surface area contributed by atoms with Gasteiger partial charge >= 0.3 is 6.18 Å². The van der Waals surface area contributed by atoms with Gasteiger partial charge in [0.15, 0.2) is 0 Å². The summed E-state index contributed by atoms with van der Waals surface area (Å²) in [7, 11) is -4.04. The first-order chi connectivity index (χ1) is 13.4. The van der Waals surface area contributed by atoms with Crippen LogP contribution in [-0.2, 0) is 16.6 Å². The van der Waals surface area contributed by atoms with Crippen LogP contribution in [0.15, 0.2) is 42.6 Å². The topological polar surface area (TPSA) is 80.3 Å². The fraction of sp³-hybridized carbons (Fsp3) is 0.389. The van der Waals surface area contributed by atoms with Crippen molar-refractivity contribution in [1.29, 1.82) is 0 Å². The summed E-state index contributed by atoms with van der Waals surface area (Å²) in [5.41, 5.74) is 0.506. The average Bonchev–Trinajstić information content (AvgIpc) is 2.61. The van der Waals surface area contributed by atoms with Gasteiger partial charge in [0.2, 0.25) is 15.9 Å². The van der Waals surface area contributed by atoms with Crippen molar-refractivity contribution in [2.24, 2.45) is 0 Å². The second-order valence-corrected chi connectivity index (χ2v) is 8.26. The second kappa shape index (κ2) is 9.51. The number of aromatic nitrogens is 1. The van der Waals surface area contributed by atoms with Gasteiger partial charge in [0.25, 0.3) is 0 Å². The van der Waals surface area contributed by atoms with Crippen LogP contribution >= 0.6 is 0 Å². The van der Waals surface area contributed by atoms with Crippen LogP contribution in [0.3, 0.4) is 0 Å². The molecule has 0 saturated carbocycles. The molecule has 1 heterocycles. The number of benzene rings is 1. The first-order valence-corrected chi connectivity index (χ1v) is 10.4. The summed E-state index contributed by atoms with van der Waals surface area (Å²) in [5.74, 6) is -0.187. The molecule has 1 unspecified atom stereocenters. The smallest absolute Gasteiger partial charge is 0.408 e. The van der Waals surface area contributed by atoms with Gasteiger partial charge in [0.05, 0.1) is 12.5 Å². The van der Waals surface area contributed by atoms with Gasteiger partial charge in [-0.2, -0.15) is 17.9 Å². The Labute approximate surface area is 166 Å². The molecule has 11 heteroatoms. The minimum absolute atomic E-state index is 0.203. The van der Waals surface area contributed by atoms with Gasteiger partial charge in [0.1, 0.15) is 18.0 Å². The first kappa shape index (κ1) is 23.0. The molecule has 6 nitrogen and oxygen atoms in total. The molecule has 2 rings (SSSR count). The highest BCUT2D eigenvalue weighted by molar-refractivity contribution is 7.88. The third-order valence-electron chi connectivity index (χ3n) is 3.76. The lowest BCUT2D eigenvalue weighted by atomic mass is 10.1. The lowest BCUT2D eigenvalue weighted by Gasteiger charge is -2.21. The fourth-order valence-corrected chi connectivity index (χ4v) is 3.16. The molecule has 0 saturated heterocycles. The number of hydrogen-bond acceptors (Lipinski definition) is 5. The molecule has 2 aromatic rings. The number of sulfonamides is 1. The van der Waals surface area contributed by atoms with E-state index in [-0.39, 0.29) is 17.5 Å². The summed E-state index contributed by atoms with van der Waals surface area (Å²) < 4.78 is 81.8. The lowest BCUT2D eigenvalue weighted by Crippen LogP contribution is -2.37. The Kier molecular flexibility index (Phi) is 7.55. The number of nitrogens with zero attached hydrogens (tertiary/aromatic N) is 1. The zero-order valence-corrected chi connectivity index (χ0v) is 16.5. The van der Waals surface area contributed by atoms with Crippen LogP contribution < -0.4 is 14.8 Å². The van der Waals surface area contributed by atoms with Gasteiger partial charge in [-0.25, -0.2) is 17.8 Å². The van der Waals surface area contributed by atoms with E-state index in [2.05, 4.69) is 10.3 Å². The summed E-state index contributed by atoms with van der Waals surface area (Å²) in [6, 6.07) is 5.76. The predicted molar refractivity (Wildman–Crippen MR) is 99.2 cm³/mol. The molecule has 1 aromatic heterocycles. The normalized spacial score (nSPS) is 14.4. The number of ether oxygens (including phenoxy) is 1. The fourth-order valence-electron chi connectivity index (χ4n) is 2.47. The summed E-state index contributed by atoms with van der Waals surface area (Å²) in [4.78, 5) is 3.79. The van der Waals surface area contributed by atoms with Gasteiger partial charge in [-0.3, -0.25) is 0 Å². The van der Waals surface area contributed by atoms with E-state index in [4.69, 9.17) is 4.74 Å². The molecule has 0 aliphatic rings. The van der Waals surface area contributed by atoms with Crippen molar-refractivity contribution in [2.45, 2.75) is 31.8 Å². The molecule has 0 spiro atoms. The van der Waals surface area contributed by atoms with Crippen LogP contribution in [0.5, 0.6) is 5.88 Å². The maximum Gasteiger partial charge on any atom is 0.408 e. The predicted octanol–water partition coefficient (Wildman–Crippen LogP) is 2.93. The molecular weight excluding hydrogens is 414 g/mol. The molecule has 160 valence electrons. The minimum Gasteiger partial charge on any atom is -0.473 e. The van der Waals surface area contributed by atoms with Gasteiger partial charge in [0, 0.05) is 19.2 Å². The number of nitrogens with one attached hydrogen (secondary N) is 2. The molecule has 0 aliphatic heterocycles. The number of rotatable bonds is 9. The highest BCUT2D eigenvalue weighted by Gasteiger charge is 2.42. The van der Waals surface area contributed by atoms with E-state index in [1.165, 1.54) is 36.4 Å². The molecule has 0 aliphatic carbocycles. The van der Waals surface area contributed by atoms with E-state index in [0.29, 0.717) is 24.9 Å². The number of alkyl halides is 3. The van der Waals surface area contributed by atoms with Crippen molar-refractivity contribution in [3.63, 3.8) is 0 Å². The SMILES string of the molecule is CC(CNCc1ccc([C@H](NS(C)(=O)=O)C(F)(F)F)cc1)Oc1ccc(F)cn1. The maximum atomic E-state index is 13.2. The second-order valence-electron chi connectivity index (χ2n) is 6.48. The van der Waals surface area contributed by atoms with E-state index >= 15 is 0 Å². The Morgan fingerprint density at radius 3 is 2.31 bits per heavy atom. The van der Waals surface area contributed by atoms with Crippen molar-refractivity contribution in [3.05, 3.63) is 59.5 Å². The van der Waals surface area contributed by atoms with Crippen molar-refractivity contribution >= 4 is 10.0 Å². The number of pyridine rings is 1. The van der Waals surface area contributed by atoms with Crippen LogP contribution in [0.25, 0.3) is 0 Å². The van der Waals surface area contributed by atoms with E-state index in [0.717, 1.165) is 6.20 Å². The molecule has 0 fully saturated rings. The minimum atomic E-state index is -4.76. The van der Waals surface area contributed by atoms with Gasteiger partial charge < -0.3 is 10.1 Å². The Hall–Kier alpha value is -2.24. The summed E-state index contributed by atoms with van der Waals surface area (Å²) in [6.45, 7) is 2.56. The largest absolute Gasteiger partial charge is 0.473 e. The average molecular weight is 435 g/mol. The third kappa shape index (κ3) is 7.95. The highest BCUT2D eigenvalue weighted by atomic mass is 32.2. The van der Waals surface area contributed by atoms with Crippen molar-refractivity contribution in [1.82, 2.24) is 15.0 Å². The molecule has 1 aromatic carbocycles. The standard InChI is InChI=1S/C18H21F4N3O3S/c1-12(28-16-8-7-15(19)11-24-16)9-23-10-13-3-5-14(6-4-13)17(18(20,21)22)25-29(2,26)27/h3-8,11-12,17,23,25H,9-10H2,1-2H3/t12?,17-/m0/s1. The Balaban J connectivity index is 1.90. The van der Waals surface area contributed by atoms with Crippen LogP contribution in [0, 0.1) is 5.82 Å². The molecule has 29 heavy (non-hydrogen) atoms. The molecular formula is C18H21F4N3O3S. The summed E-state index contributed by atoms with van der Waals surface area (Å²) in [6.07, 6.45) is -3.32. The highest BCUT2D eigenvalue weighted by Crippen LogP contribution is 2.33. The van der Waals surface area contributed by atoms with Crippen molar-refractivity contribution in [3.8, 4) is 5.88 Å². The Morgan fingerprint density at radius 2 is 1.79 bits per heavy atom. The molecule has 2 N–H and O–H groups in total. The van der Waals surface area contributed by atoms with Gasteiger partial charge in [-0.05, 0) is 24.1 Å². The zero-order valence-electron chi connectivity index (χ0n) is 15.7. The lowest BCUT2D eigenvalue weighted by molar-refractivity contribution is -0.153. The van der Waals surface area contributed by atoms with E-state index in [9.17, 15) is 26.0 Å². The molecule has 0 bridgehead atoms. The van der Waals surface area contributed by atoms with Crippen LogP contribution in [0.4, 0.5) is 17.6 Å². The van der Waals surface area contributed by atoms with Crippen molar-refractivity contribution < 1.29 is 30.7 Å². The van der Waals surface area contributed by atoms with Gasteiger partial charge in [-0.1, -0.05) is 24.3 Å². The van der Waals surface area contributed by atoms with Crippen LogP contribution in [0.1, 0.15) is 24.1 Å². The molecule has 0 radical (unpaired) electrons. The number of hydrogen-bond donors (Lipinski definition) is 2. The van der Waals surface area contributed by atoms with Gasteiger partial charge in [-0.15, -0.1) is 0 Å². The number of halogens is 4. The van der Waals surface area contributed by atoms with Crippen molar-refractivity contribution in [2.75, 3.05) is 12.8 Å². The first-order valence-electron chi connectivity index (χ1n) is 8.56.